The third-order valence-corrected chi connectivity index (χ3v) is 2.86. The number of aromatic nitrogens is 1. The Morgan fingerprint density at radius 3 is 2.68 bits per heavy atom. The number of carbonyl (C=O) groups is 1. The van der Waals surface area contributed by atoms with Gasteiger partial charge in [0.25, 0.3) is 0 Å². The number of pyridine rings is 1. The zero-order valence-electron chi connectivity index (χ0n) is 12.8. The minimum absolute atomic E-state index is 0.00266. The molecule has 0 bridgehead atoms. The fourth-order valence-electron chi connectivity index (χ4n) is 1.79. The molecule has 0 aliphatic carbocycles. The Hall–Kier alpha value is -3.28. The van der Waals surface area contributed by atoms with Crippen LogP contribution in [0.25, 0.3) is 0 Å². The highest BCUT2D eigenvalue weighted by molar-refractivity contribution is 5.93. The van der Waals surface area contributed by atoms with Crippen LogP contribution in [0, 0.1) is 11.3 Å². The Kier molecular flexibility index (Phi) is 5.44. The second kappa shape index (κ2) is 7.53. The fourth-order valence-corrected chi connectivity index (χ4v) is 1.79. The summed E-state index contributed by atoms with van der Waals surface area (Å²) < 4.78 is 51.5. The van der Waals surface area contributed by atoms with Gasteiger partial charge in [0.05, 0.1) is 18.7 Å². The van der Waals surface area contributed by atoms with Crippen molar-refractivity contribution in [3.05, 3.63) is 47.7 Å². The molecule has 1 heterocycles. The normalized spacial score (nSPS) is 10.7. The predicted molar refractivity (Wildman–Crippen MR) is 78.5 cm³/mol. The van der Waals surface area contributed by atoms with Gasteiger partial charge < -0.3 is 14.2 Å². The number of hydrogen-bond acceptors (Lipinski definition) is 6. The van der Waals surface area contributed by atoms with E-state index < -0.39 is 24.6 Å². The first-order valence-electron chi connectivity index (χ1n) is 6.79. The van der Waals surface area contributed by atoms with Crippen molar-refractivity contribution in [1.29, 1.82) is 5.26 Å². The van der Waals surface area contributed by atoms with Gasteiger partial charge in [0.15, 0.2) is 18.1 Å². The molecule has 0 atom stereocenters. The maximum Gasteiger partial charge on any atom is 0.422 e. The molecule has 2 rings (SSSR count). The van der Waals surface area contributed by atoms with Gasteiger partial charge in [-0.25, -0.2) is 9.78 Å². The first kappa shape index (κ1) is 18.1. The monoisotopic (exact) mass is 352 g/mol. The van der Waals surface area contributed by atoms with Crippen LogP contribution in [0.2, 0.25) is 0 Å². The van der Waals surface area contributed by atoms with Crippen LogP contribution in [0.5, 0.6) is 17.4 Å². The van der Waals surface area contributed by atoms with Crippen molar-refractivity contribution in [2.45, 2.75) is 6.18 Å². The molecule has 0 aliphatic rings. The van der Waals surface area contributed by atoms with E-state index in [1.165, 1.54) is 43.6 Å². The molecule has 6 nitrogen and oxygen atoms in total. The number of benzene rings is 1. The molecule has 0 fully saturated rings. The number of hydrogen-bond donors (Lipinski definition) is 0. The van der Waals surface area contributed by atoms with Gasteiger partial charge in [-0.05, 0) is 24.3 Å². The lowest BCUT2D eigenvalue weighted by molar-refractivity contribution is -0.154. The van der Waals surface area contributed by atoms with Crippen LogP contribution in [0.3, 0.4) is 0 Å². The largest absolute Gasteiger partial charge is 0.493 e. The Morgan fingerprint density at radius 1 is 1.28 bits per heavy atom. The van der Waals surface area contributed by atoms with Gasteiger partial charge in [-0.15, -0.1) is 0 Å². The Balaban J connectivity index is 2.23. The van der Waals surface area contributed by atoms with Gasteiger partial charge in [-0.1, -0.05) is 0 Å². The van der Waals surface area contributed by atoms with Crippen LogP contribution >= 0.6 is 0 Å². The van der Waals surface area contributed by atoms with Crippen LogP contribution in [0.15, 0.2) is 36.5 Å². The summed E-state index contributed by atoms with van der Waals surface area (Å²) in [5, 5.41) is 8.84. The average molecular weight is 352 g/mol. The van der Waals surface area contributed by atoms with Crippen molar-refractivity contribution in [3.8, 4) is 23.4 Å². The molecule has 0 spiro atoms. The van der Waals surface area contributed by atoms with Crippen molar-refractivity contribution in [2.24, 2.45) is 0 Å². The van der Waals surface area contributed by atoms with Crippen LogP contribution in [0.4, 0.5) is 13.2 Å². The van der Waals surface area contributed by atoms with Gasteiger partial charge in [0.2, 0.25) is 5.88 Å². The smallest absolute Gasteiger partial charge is 0.422 e. The van der Waals surface area contributed by atoms with Crippen molar-refractivity contribution in [3.63, 3.8) is 0 Å². The van der Waals surface area contributed by atoms with E-state index in [-0.39, 0.29) is 22.6 Å². The first-order chi connectivity index (χ1) is 11.8. The highest BCUT2D eigenvalue weighted by Crippen LogP contribution is 2.29. The molecule has 0 radical (unpaired) electrons. The molecule has 0 aliphatic heterocycles. The number of halogens is 3. The van der Waals surface area contributed by atoms with E-state index in [9.17, 15) is 18.0 Å². The first-order valence-corrected chi connectivity index (χ1v) is 6.79. The van der Waals surface area contributed by atoms with Gasteiger partial charge in [-0.2, -0.15) is 18.4 Å². The maximum absolute atomic E-state index is 12.3. The molecule has 130 valence electrons. The summed E-state index contributed by atoms with van der Waals surface area (Å²) in [6.07, 6.45) is -3.39. The molecular formula is C16H11F3N2O4. The number of nitrogens with zero attached hydrogens (tertiary/aromatic N) is 2. The van der Waals surface area contributed by atoms with Crippen LogP contribution in [0.1, 0.15) is 15.9 Å². The van der Waals surface area contributed by atoms with E-state index in [1.54, 1.807) is 0 Å². The number of rotatable bonds is 5. The molecule has 0 saturated carbocycles. The fraction of sp³-hybridized carbons (Fsp3) is 0.188. The number of alkyl halides is 3. The maximum atomic E-state index is 12.3. The summed E-state index contributed by atoms with van der Waals surface area (Å²) in [4.78, 5) is 15.9. The third kappa shape index (κ3) is 4.84. The number of methoxy groups -OCH3 is 1. The molecule has 0 unspecified atom stereocenters. The van der Waals surface area contributed by atoms with E-state index in [4.69, 9.17) is 14.7 Å². The highest BCUT2D eigenvalue weighted by Gasteiger charge is 2.30. The number of carbonyl (C=O) groups excluding carboxylic acids is 1. The van der Waals surface area contributed by atoms with E-state index >= 15 is 0 Å². The molecule has 1 aromatic heterocycles. The summed E-state index contributed by atoms with van der Waals surface area (Å²) in [5.41, 5.74) is 0.00499. The van der Waals surface area contributed by atoms with Crippen molar-refractivity contribution in [1.82, 2.24) is 4.98 Å². The number of nitriles is 1. The van der Waals surface area contributed by atoms with Crippen molar-refractivity contribution < 1.29 is 32.2 Å². The van der Waals surface area contributed by atoms with Crippen LogP contribution in [-0.2, 0) is 0 Å². The second-order valence-electron chi connectivity index (χ2n) is 4.63. The summed E-state index contributed by atoms with van der Waals surface area (Å²) >= 11 is 0. The quantitative estimate of drug-likeness (QED) is 0.607. The molecule has 0 saturated heterocycles. The Labute approximate surface area is 140 Å². The topological polar surface area (TPSA) is 81.4 Å². The average Bonchev–Trinajstić information content (AvgIpc) is 2.59. The zero-order chi connectivity index (χ0) is 18.4. The van der Waals surface area contributed by atoms with Gasteiger partial charge >= 0.3 is 12.1 Å². The highest BCUT2D eigenvalue weighted by atomic mass is 19.4. The van der Waals surface area contributed by atoms with Crippen LogP contribution in [-0.4, -0.2) is 30.8 Å². The Bertz CT molecular complexity index is 816. The molecule has 1 aromatic carbocycles. The SMILES string of the molecule is COc1cc(C#N)ccc1OC(=O)c1cccnc1OCC(F)(F)F. The van der Waals surface area contributed by atoms with Gasteiger partial charge in [-0.3, -0.25) is 0 Å². The Morgan fingerprint density at radius 2 is 2.04 bits per heavy atom. The summed E-state index contributed by atoms with van der Waals surface area (Å²) in [6, 6.07) is 8.56. The standard InChI is InChI=1S/C16H11F3N2O4/c1-23-13-7-10(8-20)4-5-12(13)25-15(22)11-3-2-6-21-14(11)24-9-16(17,18)19/h2-7H,9H2,1H3. The zero-order valence-corrected chi connectivity index (χ0v) is 12.8. The molecule has 25 heavy (non-hydrogen) atoms. The minimum atomic E-state index is -4.57. The van der Waals surface area contributed by atoms with Crippen molar-refractivity contribution >= 4 is 5.97 Å². The second-order valence-corrected chi connectivity index (χ2v) is 4.63. The summed E-state index contributed by atoms with van der Waals surface area (Å²) in [5.74, 6) is -1.36. The lowest BCUT2D eigenvalue weighted by Gasteiger charge is -2.12. The van der Waals surface area contributed by atoms with Gasteiger partial charge in [0.1, 0.15) is 5.56 Å². The number of esters is 1. The molecule has 0 amide bonds. The molecular weight excluding hydrogens is 341 g/mol. The predicted octanol–water partition coefficient (Wildman–Crippen LogP) is 3.12. The molecule has 2 aromatic rings. The molecule has 0 N–H and O–H groups in total. The molecule has 9 heteroatoms. The summed E-state index contributed by atoms with van der Waals surface area (Å²) in [6.45, 7) is -1.59. The minimum Gasteiger partial charge on any atom is -0.493 e. The van der Waals surface area contributed by atoms with Gasteiger partial charge in [0, 0.05) is 12.3 Å². The summed E-state index contributed by atoms with van der Waals surface area (Å²) in [7, 11) is 1.32. The van der Waals surface area contributed by atoms with E-state index in [0.717, 1.165) is 0 Å². The number of ether oxygens (including phenoxy) is 3. The third-order valence-electron chi connectivity index (χ3n) is 2.86. The lowest BCUT2D eigenvalue weighted by atomic mass is 10.2. The van der Waals surface area contributed by atoms with E-state index in [1.807, 2.05) is 6.07 Å². The van der Waals surface area contributed by atoms with E-state index in [2.05, 4.69) is 9.72 Å². The lowest BCUT2D eigenvalue weighted by Crippen LogP contribution is -2.21. The van der Waals surface area contributed by atoms with E-state index in [0.29, 0.717) is 0 Å². The van der Waals surface area contributed by atoms with Crippen LogP contribution < -0.4 is 14.2 Å². The van der Waals surface area contributed by atoms with Crippen molar-refractivity contribution in [2.75, 3.05) is 13.7 Å².